The number of aromatic nitrogens is 5. The average molecular weight is 326 g/mol. The van der Waals surface area contributed by atoms with Gasteiger partial charge in [0.15, 0.2) is 17.4 Å². The van der Waals surface area contributed by atoms with Crippen LogP contribution < -0.4 is 0 Å². The van der Waals surface area contributed by atoms with Gasteiger partial charge in [0.2, 0.25) is 0 Å². The number of fused-ring (bicyclic) bond motifs is 1. The maximum Gasteiger partial charge on any atom is 0.191 e. The SMILES string of the molecule is Cc1ccc2nnc(C3CCN(CCc4cnc(C)o4)CC3)n2n1. The minimum atomic E-state index is 0.429. The van der Waals surface area contributed by atoms with E-state index in [-0.39, 0.29) is 0 Å². The summed E-state index contributed by atoms with van der Waals surface area (Å²) in [5.41, 5.74) is 1.82. The van der Waals surface area contributed by atoms with Crippen molar-refractivity contribution in [2.24, 2.45) is 0 Å². The van der Waals surface area contributed by atoms with E-state index in [9.17, 15) is 0 Å². The first kappa shape index (κ1) is 15.3. The molecule has 0 aromatic carbocycles. The minimum absolute atomic E-state index is 0.429. The van der Waals surface area contributed by atoms with Gasteiger partial charge in [-0.3, -0.25) is 0 Å². The Balaban J connectivity index is 1.37. The molecular formula is C17H22N6O. The van der Waals surface area contributed by atoms with Gasteiger partial charge < -0.3 is 9.32 Å². The van der Waals surface area contributed by atoms with Gasteiger partial charge in [-0.05, 0) is 45.0 Å². The quantitative estimate of drug-likeness (QED) is 0.731. The number of rotatable bonds is 4. The Morgan fingerprint density at radius 2 is 2.00 bits per heavy atom. The molecule has 1 fully saturated rings. The Kier molecular flexibility index (Phi) is 4.02. The van der Waals surface area contributed by atoms with Crippen LogP contribution in [0.3, 0.4) is 0 Å². The molecule has 0 bridgehead atoms. The van der Waals surface area contributed by atoms with Crippen LogP contribution in [0.5, 0.6) is 0 Å². The number of likely N-dealkylation sites (tertiary alicyclic amines) is 1. The molecule has 0 amide bonds. The molecule has 7 nitrogen and oxygen atoms in total. The van der Waals surface area contributed by atoms with E-state index in [0.29, 0.717) is 5.92 Å². The predicted molar refractivity (Wildman–Crippen MR) is 88.9 cm³/mol. The van der Waals surface area contributed by atoms with Crippen LogP contribution in [0.4, 0.5) is 0 Å². The molecule has 126 valence electrons. The van der Waals surface area contributed by atoms with Gasteiger partial charge >= 0.3 is 0 Å². The lowest BCUT2D eigenvalue weighted by Gasteiger charge is -2.30. The van der Waals surface area contributed by atoms with Crippen molar-refractivity contribution in [1.29, 1.82) is 0 Å². The molecule has 0 aliphatic carbocycles. The minimum Gasteiger partial charge on any atom is -0.446 e. The fourth-order valence-corrected chi connectivity index (χ4v) is 3.36. The number of hydrogen-bond donors (Lipinski definition) is 0. The Bertz CT molecular complexity index is 831. The normalized spacial score (nSPS) is 16.9. The monoisotopic (exact) mass is 326 g/mol. The van der Waals surface area contributed by atoms with Crippen LogP contribution in [0, 0.1) is 13.8 Å². The zero-order valence-corrected chi connectivity index (χ0v) is 14.1. The van der Waals surface area contributed by atoms with Crippen LogP contribution in [0.15, 0.2) is 22.7 Å². The lowest BCUT2D eigenvalue weighted by molar-refractivity contribution is 0.207. The molecule has 1 saturated heterocycles. The molecule has 24 heavy (non-hydrogen) atoms. The highest BCUT2D eigenvalue weighted by Crippen LogP contribution is 2.26. The van der Waals surface area contributed by atoms with Crippen molar-refractivity contribution in [3.63, 3.8) is 0 Å². The first-order valence-corrected chi connectivity index (χ1v) is 8.51. The molecule has 0 saturated carbocycles. The summed E-state index contributed by atoms with van der Waals surface area (Å²) in [4.78, 5) is 6.63. The zero-order valence-electron chi connectivity index (χ0n) is 14.1. The maximum absolute atomic E-state index is 5.55. The van der Waals surface area contributed by atoms with Crippen LogP contribution in [0.25, 0.3) is 5.65 Å². The molecule has 0 atom stereocenters. The summed E-state index contributed by atoms with van der Waals surface area (Å²) in [5, 5.41) is 13.2. The molecule has 0 radical (unpaired) electrons. The molecule has 4 heterocycles. The van der Waals surface area contributed by atoms with Crippen molar-refractivity contribution < 1.29 is 4.42 Å². The molecule has 4 rings (SSSR count). The third-order valence-electron chi connectivity index (χ3n) is 4.72. The van der Waals surface area contributed by atoms with Crippen molar-refractivity contribution in [2.45, 2.75) is 39.0 Å². The summed E-state index contributed by atoms with van der Waals surface area (Å²) in [5.74, 6) is 3.14. The van der Waals surface area contributed by atoms with Gasteiger partial charge in [-0.2, -0.15) is 9.61 Å². The highest BCUT2D eigenvalue weighted by molar-refractivity contribution is 5.36. The zero-order chi connectivity index (χ0) is 16.5. The predicted octanol–water partition coefficient (Wildman–Crippen LogP) is 2.15. The fourth-order valence-electron chi connectivity index (χ4n) is 3.36. The fraction of sp³-hybridized carbons (Fsp3) is 0.529. The van der Waals surface area contributed by atoms with E-state index in [1.54, 1.807) is 0 Å². The van der Waals surface area contributed by atoms with Crippen LogP contribution in [-0.4, -0.2) is 49.3 Å². The molecule has 3 aromatic rings. The van der Waals surface area contributed by atoms with E-state index in [1.165, 1.54) is 0 Å². The van der Waals surface area contributed by atoms with Crippen molar-refractivity contribution in [2.75, 3.05) is 19.6 Å². The van der Waals surface area contributed by atoms with Crippen LogP contribution in [0.2, 0.25) is 0 Å². The van der Waals surface area contributed by atoms with Gasteiger partial charge in [0.05, 0.1) is 11.9 Å². The van der Waals surface area contributed by atoms with Crippen molar-refractivity contribution >= 4 is 5.65 Å². The van der Waals surface area contributed by atoms with Crippen molar-refractivity contribution in [3.8, 4) is 0 Å². The summed E-state index contributed by atoms with van der Waals surface area (Å²) in [6, 6.07) is 3.95. The first-order chi connectivity index (χ1) is 11.7. The van der Waals surface area contributed by atoms with Gasteiger partial charge in [-0.15, -0.1) is 10.2 Å². The second kappa shape index (κ2) is 6.32. The van der Waals surface area contributed by atoms with Gasteiger partial charge in [0.25, 0.3) is 0 Å². The smallest absolute Gasteiger partial charge is 0.191 e. The molecule has 7 heteroatoms. The third-order valence-corrected chi connectivity index (χ3v) is 4.72. The van der Waals surface area contributed by atoms with E-state index in [0.717, 1.165) is 67.7 Å². The molecule has 0 spiro atoms. The molecule has 1 aliphatic rings. The number of aryl methyl sites for hydroxylation is 2. The molecule has 0 N–H and O–H groups in total. The van der Waals surface area contributed by atoms with E-state index in [1.807, 2.05) is 36.7 Å². The maximum atomic E-state index is 5.55. The Morgan fingerprint density at radius 3 is 2.75 bits per heavy atom. The molecule has 1 aliphatic heterocycles. The Morgan fingerprint density at radius 1 is 1.17 bits per heavy atom. The summed E-state index contributed by atoms with van der Waals surface area (Å²) in [7, 11) is 0. The summed E-state index contributed by atoms with van der Waals surface area (Å²) in [6.07, 6.45) is 4.93. The van der Waals surface area contributed by atoms with E-state index >= 15 is 0 Å². The lowest BCUT2D eigenvalue weighted by atomic mass is 9.96. The topological polar surface area (TPSA) is 72.4 Å². The number of nitrogens with zero attached hydrogens (tertiary/aromatic N) is 6. The van der Waals surface area contributed by atoms with Crippen LogP contribution >= 0.6 is 0 Å². The third kappa shape index (κ3) is 3.03. The molecule has 3 aromatic heterocycles. The second-order valence-electron chi connectivity index (χ2n) is 6.51. The average Bonchev–Trinajstić information content (AvgIpc) is 3.19. The van der Waals surface area contributed by atoms with Gasteiger partial charge in [-0.1, -0.05) is 0 Å². The van der Waals surface area contributed by atoms with Gasteiger partial charge in [0.1, 0.15) is 5.76 Å². The number of oxazole rings is 1. The Hall–Kier alpha value is -2.28. The Labute approximate surface area is 140 Å². The summed E-state index contributed by atoms with van der Waals surface area (Å²) in [6.45, 7) is 7.03. The van der Waals surface area contributed by atoms with Crippen molar-refractivity contribution in [3.05, 3.63) is 41.5 Å². The van der Waals surface area contributed by atoms with Gasteiger partial charge in [-0.25, -0.2) is 4.98 Å². The lowest BCUT2D eigenvalue weighted by Crippen LogP contribution is -2.35. The largest absolute Gasteiger partial charge is 0.446 e. The van der Waals surface area contributed by atoms with E-state index in [2.05, 4.69) is 25.2 Å². The van der Waals surface area contributed by atoms with Crippen LogP contribution in [-0.2, 0) is 6.42 Å². The summed E-state index contributed by atoms with van der Waals surface area (Å²) < 4.78 is 7.46. The van der Waals surface area contributed by atoms with Gasteiger partial charge in [0, 0.05) is 25.8 Å². The first-order valence-electron chi connectivity index (χ1n) is 8.51. The molecule has 0 unspecified atom stereocenters. The standard InChI is InChI=1S/C17H22N6O/c1-12-3-4-16-19-20-17(23(16)21-12)14-5-8-22(9-6-14)10-7-15-11-18-13(2)24-15/h3-4,11,14H,5-10H2,1-2H3. The van der Waals surface area contributed by atoms with Crippen molar-refractivity contribution in [1.82, 2.24) is 29.7 Å². The molecular weight excluding hydrogens is 304 g/mol. The number of piperidine rings is 1. The van der Waals surface area contributed by atoms with Crippen LogP contribution in [0.1, 0.15) is 41.9 Å². The highest BCUT2D eigenvalue weighted by Gasteiger charge is 2.25. The van der Waals surface area contributed by atoms with E-state index in [4.69, 9.17) is 4.42 Å². The highest BCUT2D eigenvalue weighted by atomic mass is 16.3. The van der Waals surface area contributed by atoms with E-state index < -0.39 is 0 Å². The number of hydrogen-bond acceptors (Lipinski definition) is 6. The summed E-state index contributed by atoms with van der Waals surface area (Å²) >= 11 is 0. The second-order valence-corrected chi connectivity index (χ2v) is 6.51.